The Balaban J connectivity index is 1.37. The number of hydrogen-bond donors (Lipinski definition) is 1. The molecule has 3 heterocycles. The highest BCUT2D eigenvalue weighted by molar-refractivity contribution is 5.98. The highest BCUT2D eigenvalue weighted by Gasteiger charge is 2.28. The van der Waals surface area contributed by atoms with Crippen LogP contribution in [-0.4, -0.2) is 69.0 Å². The van der Waals surface area contributed by atoms with Gasteiger partial charge in [-0.05, 0) is 58.0 Å². The molecule has 0 unspecified atom stereocenters. The average Bonchev–Trinajstić information content (AvgIpc) is 3.30. The zero-order valence-corrected chi connectivity index (χ0v) is 22.7. The number of amides is 2. The topological polar surface area (TPSA) is 90.6 Å². The van der Waals surface area contributed by atoms with Crippen molar-refractivity contribution in [3.8, 4) is 11.5 Å². The Bertz CT molecular complexity index is 1500. The minimum atomic E-state index is -0.592. The molecule has 200 valence electrons. The first-order valence-corrected chi connectivity index (χ1v) is 13.1. The van der Waals surface area contributed by atoms with E-state index in [-0.39, 0.29) is 11.9 Å². The van der Waals surface area contributed by atoms with Crippen LogP contribution >= 0.6 is 0 Å². The molecule has 9 nitrogen and oxygen atoms in total. The standard InChI is InChI=1S/C29H35N5O4/c1-6-34-23-10-8-7-9-19(23)16-25(34)26-31-22-15-20(11-12-24(22)32(26)5)27(35)30-21-17-33(13-14-37-18-21)28(36)38-29(2,3)4/h7-12,15-16,21H,6,13-14,17-18H2,1-5H3,(H,30,35)/t21-/m1/s1. The van der Waals surface area contributed by atoms with Gasteiger partial charge in [-0.1, -0.05) is 18.2 Å². The molecular weight excluding hydrogens is 482 g/mol. The van der Waals surface area contributed by atoms with Gasteiger partial charge in [-0.15, -0.1) is 0 Å². The van der Waals surface area contributed by atoms with Gasteiger partial charge < -0.3 is 28.8 Å². The van der Waals surface area contributed by atoms with Crippen LogP contribution in [0.25, 0.3) is 33.5 Å². The Kier molecular flexibility index (Phi) is 6.88. The molecular formula is C29H35N5O4. The maximum atomic E-state index is 13.2. The second kappa shape index (κ2) is 10.1. The quantitative estimate of drug-likeness (QED) is 0.428. The summed E-state index contributed by atoms with van der Waals surface area (Å²) in [5.41, 5.74) is 3.81. The molecule has 0 radical (unpaired) electrons. The molecule has 5 rings (SSSR count). The second-order valence-corrected chi connectivity index (χ2v) is 10.7. The van der Waals surface area contributed by atoms with Gasteiger partial charge in [0.15, 0.2) is 5.82 Å². The molecule has 0 saturated carbocycles. The number of carbonyl (C=O) groups is 2. The van der Waals surface area contributed by atoms with E-state index in [0.29, 0.717) is 31.9 Å². The van der Waals surface area contributed by atoms with Crippen LogP contribution in [0.1, 0.15) is 38.1 Å². The summed E-state index contributed by atoms with van der Waals surface area (Å²) in [4.78, 5) is 32.3. The molecule has 1 fully saturated rings. The summed E-state index contributed by atoms with van der Waals surface area (Å²) in [6.45, 7) is 9.90. The van der Waals surface area contributed by atoms with Crippen molar-refractivity contribution in [1.82, 2.24) is 24.3 Å². The van der Waals surface area contributed by atoms with Crippen molar-refractivity contribution in [3.05, 3.63) is 54.1 Å². The number of benzene rings is 2. The van der Waals surface area contributed by atoms with Gasteiger partial charge in [0, 0.05) is 43.1 Å². The van der Waals surface area contributed by atoms with Crippen LogP contribution in [-0.2, 0) is 23.1 Å². The average molecular weight is 518 g/mol. The van der Waals surface area contributed by atoms with Gasteiger partial charge in [-0.25, -0.2) is 9.78 Å². The SMILES string of the molecule is CCn1c(-c2nc3cc(C(=O)N[C@H]4COCCN(C(=O)OC(C)(C)C)C4)ccc3n2C)cc2ccccc21. The van der Waals surface area contributed by atoms with Crippen molar-refractivity contribution < 1.29 is 19.1 Å². The maximum Gasteiger partial charge on any atom is 0.410 e. The summed E-state index contributed by atoms with van der Waals surface area (Å²) >= 11 is 0. The smallest absolute Gasteiger partial charge is 0.410 e. The minimum Gasteiger partial charge on any atom is -0.444 e. The number of nitrogens with zero attached hydrogens (tertiary/aromatic N) is 4. The van der Waals surface area contributed by atoms with Crippen LogP contribution in [0.5, 0.6) is 0 Å². The Labute approximate surface area is 222 Å². The molecule has 1 N–H and O–H groups in total. The number of hydrogen-bond acceptors (Lipinski definition) is 5. The highest BCUT2D eigenvalue weighted by atomic mass is 16.6. The largest absolute Gasteiger partial charge is 0.444 e. The van der Waals surface area contributed by atoms with Crippen molar-refractivity contribution in [2.45, 2.75) is 45.9 Å². The molecule has 0 aliphatic carbocycles. The van der Waals surface area contributed by atoms with E-state index in [1.165, 1.54) is 10.9 Å². The van der Waals surface area contributed by atoms with E-state index in [4.69, 9.17) is 14.5 Å². The van der Waals surface area contributed by atoms with E-state index in [1.54, 1.807) is 4.90 Å². The van der Waals surface area contributed by atoms with E-state index in [0.717, 1.165) is 29.1 Å². The number of para-hydroxylation sites is 1. The molecule has 2 aromatic heterocycles. The van der Waals surface area contributed by atoms with Gasteiger partial charge in [0.1, 0.15) is 5.60 Å². The van der Waals surface area contributed by atoms with Crippen LogP contribution in [0.15, 0.2) is 48.5 Å². The number of imidazole rings is 1. The fourth-order valence-electron chi connectivity index (χ4n) is 4.97. The lowest BCUT2D eigenvalue weighted by atomic mass is 10.1. The third kappa shape index (κ3) is 5.11. The number of fused-ring (bicyclic) bond motifs is 2. The van der Waals surface area contributed by atoms with Crippen molar-refractivity contribution >= 4 is 33.9 Å². The summed E-state index contributed by atoms with van der Waals surface area (Å²) in [6.07, 6.45) is -0.408. The lowest BCUT2D eigenvalue weighted by molar-refractivity contribution is 0.0237. The van der Waals surface area contributed by atoms with E-state index in [2.05, 4.69) is 39.6 Å². The fourth-order valence-corrected chi connectivity index (χ4v) is 4.97. The second-order valence-electron chi connectivity index (χ2n) is 10.7. The number of carbonyl (C=O) groups excluding carboxylic acids is 2. The Morgan fingerprint density at radius 1 is 1.13 bits per heavy atom. The zero-order chi connectivity index (χ0) is 27.0. The lowest BCUT2D eigenvalue weighted by Gasteiger charge is -2.28. The zero-order valence-electron chi connectivity index (χ0n) is 22.7. The maximum absolute atomic E-state index is 13.2. The van der Waals surface area contributed by atoms with Crippen LogP contribution in [0.4, 0.5) is 4.79 Å². The van der Waals surface area contributed by atoms with E-state index in [1.807, 2.05) is 58.2 Å². The van der Waals surface area contributed by atoms with Gasteiger partial charge in [-0.2, -0.15) is 0 Å². The molecule has 9 heteroatoms. The molecule has 1 saturated heterocycles. The van der Waals surface area contributed by atoms with Gasteiger partial charge in [0.2, 0.25) is 0 Å². The predicted molar refractivity (Wildman–Crippen MR) is 147 cm³/mol. The summed E-state index contributed by atoms with van der Waals surface area (Å²) in [5, 5.41) is 4.19. The molecule has 4 aromatic rings. The molecule has 0 spiro atoms. The Morgan fingerprint density at radius 2 is 1.92 bits per heavy atom. The van der Waals surface area contributed by atoms with Crippen LogP contribution in [0, 0.1) is 0 Å². The molecule has 2 aromatic carbocycles. The van der Waals surface area contributed by atoms with Gasteiger partial charge >= 0.3 is 6.09 Å². The van der Waals surface area contributed by atoms with Crippen molar-refractivity contribution in [3.63, 3.8) is 0 Å². The molecule has 1 aliphatic rings. The molecule has 2 amide bonds. The number of aryl methyl sites for hydroxylation is 2. The first kappa shape index (κ1) is 25.8. The molecule has 0 bridgehead atoms. The monoisotopic (exact) mass is 517 g/mol. The van der Waals surface area contributed by atoms with Crippen LogP contribution in [0.3, 0.4) is 0 Å². The predicted octanol–water partition coefficient (Wildman–Crippen LogP) is 4.58. The van der Waals surface area contributed by atoms with Crippen LogP contribution < -0.4 is 5.32 Å². The van der Waals surface area contributed by atoms with Crippen LogP contribution in [0.2, 0.25) is 0 Å². The Hall–Kier alpha value is -3.85. The van der Waals surface area contributed by atoms with Gasteiger partial charge in [0.25, 0.3) is 5.91 Å². The molecule has 1 aliphatic heterocycles. The van der Waals surface area contributed by atoms with E-state index in [9.17, 15) is 9.59 Å². The number of aromatic nitrogens is 3. The molecule has 38 heavy (non-hydrogen) atoms. The summed E-state index contributed by atoms with van der Waals surface area (Å²) in [7, 11) is 2.00. The van der Waals surface area contributed by atoms with E-state index < -0.39 is 11.7 Å². The van der Waals surface area contributed by atoms with Crippen molar-refractivity contribution in [1.29, 1.82) is 0 Å². The fraction of sp³-hybridized carbons (Fsp3) is 0.414. The summed E-state index contributed by atoms with van der Waals surface area (Å²) in [5.74, 6) is 0.613. The minimum absolute atomic E-state index is 0.235. The number of ether oxygens (including phenoxy) is 2. The van der Waals surface area contributed by atoms with Gasteiger partial charge in [-0.3, -0.25) is 4.79 Å². The highest BCUT2D eigenvalue weighted by Crippen LogP contribution is 2.30. The lowest BCUT2D eigenvalue weighted by Crippen LogP contribution is -2.47. The van der Waals surface area contributed by atoms with Gasteiger partial charge in [0.05, 0.1) is 36.0 Å². The number of nitrogens with one attached hydrogen (secondary N) is 1. The first-order chi connectivity index (χ1) is 18.1. The van der Waals surface area contributed by atoms with Crippen molar-refractivity contribution in [2.75, 3.05) is 26.3 Å². The normalized spacial score (nSPS) is 16.6. The summed E-state index contributed by atoms with van der Waals surface area (Å²) in [6, 6.07) is 15.7. The Morgan fingerprint density at radius 3 is 2.68 bits per heavy atom. The third-order valence-corrected chi connectivity index (χ3v) is 6.75. The van der Waals surface area contributed by atoms with E-state index >= 15 is 0 Å². The third-order valence-electron chi connectivity index (χ3n) is 6.75. The van der Waals surface area contributed by atoms with Crippen molar-refractivity contribution in [2.24, 2.45) is 7.05 Å². The molecule has 1 atom stereocenters. The summed E-state index contributed by atoms with van der Waals surface area (Å²) < 4.78 is 15.5. The first-order valence-electron chi connectivity index (χ1n) is 13.1. The number of rotatable bonds is 4.